The van der Waals surface area contributed by atoms with Crippen LogP contribution in [0, 0.1) is 6.92 Å². The minimum atomic E-state index is 0. The Hall–Kier alpha value is -1.64. The van der Waals surface area contributed by atoms with Gasteiger partial charge in [-0.1, -0.05) is 24.6 Å². The number of halogens is 1. The zero-order valence-corrected chi connectivity index (χ0v) is 14.6. The first-order chi connectivity index (χ1) is 9.69. The lowest BCUT2D eigenvalue weighted by molar-refractivity contribution is 0.666. The fourth-order valence-corrected chi connectivity index (χ4v) is 1.84. The molecule has 0 saturated carbocycles. The summed E-state index contributed by atoms with van der Waals surface area (Å²) in [5.74, 6) is 1.38. The van der Waals surface area contributed by atoms with E-state index in [1.54, 1.807) is 6.33 Å². The molecule has 3 N–H and O–H groups in total. The number of nitrogens with one attached hydrogen (secondary N) is 1. The van der Waals surface area contributed by atoms with E-state index in [9.17, 15) is 0 Å². The third-order valence-corrected chi connectivity index (χ3v) is 2.96. The number of aromatic nitrogens is 3. The molecule has 2 rings (SSSR count). The first-order valence-electron chi connectivity index (χ1n) is 6.69. The molecule has 0 aliphatic carbocycles. The number of benzene rings is 1. The standard InChI is InChI=1S/C14H20N6.HI/c1-3-13-19-17-10-20(13)9-8-16-14(15)18-12-6-4-11(2)5-7-12;/h4-7,10H,3,8-9H2,1-2H3,(H3,15,16,18);1H. The Kier molecular flexibility index (Phi) is 7.13. The number of rotatable bonds is 5. The van der Waals surface area contributed by atoms with E-state index in [4.69, 9.17) is 5.73 Å². The van der Waals surface area contributed by atoms with Gasteiger partial charge in [-0.2, -0.15) is 0 Å². The maximum absolute atomic E-state index is 5.85. The van der Waals surface area contributed by atoms with Gasteiger partial charge in [0.25, 0.3) is 0 Å². The highest BCUT2D eigenvalue weighted by Crippen LogP contribution is 2.07. The van der Waals surface area contributed by atoms with E-state index in [0.717, 1.165) is 24.5 Å². The molecule has 1 aromatic heterocycles. The second-order valence-electron chi connectivity index (χ2n) is 4.55. The van der Waals surface area contributed by atoms with Crippen molar-refractivity contribution in [2.24, 2.45) is 10.7 Å². The lowest BCUT2D eigenvalue weighted by Gasteiger charge is -2.06. The highest BCUT2D eigenvalue weighted by molar-refractivity contribution is 14.0. The smallest absolute Gasteiger partial charge is 0.193 e. The van der Waals surface area contributed by atoms with Crippen LogP contribution in [-0.2, 0) is 13.0 Å². The van der Waals surface area contributed by atoms with Crippen molar-refractivity contribution in [3.8, 4) is 0 Å². The third kappa shape index (κ3) is 5.33. The number of nitrogens with two attached hydrogens (primary N) is 1. The molecule has 0 amide bonds. The third-order valence-electron chi connectivity index (χ3n) is 2.96. The van der Waals surface area contributed by atoms with Gasteiger partial charge in [-0.15, -0.1) is 34.2 Å². The zero-order valence-electron chi connectivity index (χ0n) is 12.3. The molecule has 7 heteroatoms. The van der Waals surface area contributed by atoms with Crippen molar-refractivity contribution in [1.82, 2.24) is 14.8 Å². The van der Waals surface area contributed by atoms with E-state index in [-0.39, 0.29) is 24.0 Å². The van der Waals surface area contributed by atoms with Gasteiger partial charge in [0.05, 0.1) is 6.54 Å². The monoisotopic (exact) mass is 400 g/mol. The van der Waals surface area contributed by atoms with E-state index in [1.165, 1.54) is 5.56 Å². The molecule has 1 aromatic carbocycles. The van der Waals surface area contributed by atoms with E-state index < -0.39 is 0 Å². The highest BCUT2D eigenvalue weighted by atomic mass is 127. The van der Waals surface area contributed by atoms with Crippen LogP contribution in [0.25, 0.3) is 0 Å². The molecule has 0 spiro atoms. The molecule has 6 nitrogen and oxygen atoms in total. The molecule has 114 valence electrons. The lowest BCUT2D eigenvalue weighted by atomic mass is 10.2. The zero-order chi connectivity index (χ0) is 14.4. The summed E-state index contributed by atoms with van der Waals surface area (Å²) in [6.07, 6.45) is 2.58. The van der Waals surface area contributed by atoms with Crippen LogP contribution in [0.3, 0.4) is 0 Å². The van der Waals surface area contributed by atoms with Gasteiger partial charge in [0.1, 0.15) is 12.2 Å². The molecule has 0 bridgehead atoms. The van der Waals surface area contributed by atoms with Crippen LogP contribution in [-0.4, -0.2) is 27.3 Å². The number of hydrogen-bond donors (Lipinski definition) is 2. The van der Waals surface area contributed by atoms with Crippen LogP contribution >= 0.6 is 24.0 Å². The summed E-state index contributed by atoms with van der Waals surface area (Å²) in [5, 5.41) is 11.0. The van der Waals surface area contributed by atoms with Gasteiger partial charge in [0.15, 0.2) is 5.96 Å². The van der Waals surface area contributed by atoms with E-state index in [1.807, 2.05) is 35.8 Å². The Labute approximate surface area is 141 Å². The number of anilines is 1. The summed E-state index contributed by atoms with van der Waals surface area (Å²) < 4.78 is 1.99. The van der Waals surface area contributed by atoms with Crippen LogP contribution in [0.15, 0.2) is 35.6 Å². The maximum Gasteiger partial charge on any atom is 0.193 e. The Morgan fingerprint density at radius 1 is 1.33 bits per heavy atom. The minimum Gasteiger partial charge on any atom is -0.370 e. The first kappa shape index (κ1) is 17.4. The molecule has 0 atom stereocenters. The average molecular weight is 400 g/mol. The summed E-state index contributed by atoms with van der Waals surface area (Å²) in [4.78, 5) is 4.30. The number of aryl methyl sites for hydroxylation is 2. The second kappa shape index (κ2) is 8.60. The van der Waals surface area contributed by atoms with Crippen LogP contribution < -0.4 is 11.1 Å². The summed E-state index contributed by atoms with van der Waals surface area (Å²) in [6, 6.07) is 8.01. The van der Waals surface area contributed by atoms with Crippen molar-refractivity contribution in [2.45, 2.75) is 26.8 Å². The van der Waals surface area contributed by atoms with E-state index in [2.05, 4.69) is 27.4 Å². The molecule has 0 radical (unpaired) electrons. The van der Waals surface area contributed by atoms with Crippen LogP contribution in [0.1, 0.15) is 18.3 Å². The molecule has 0 unspecified atom stereocenters. The van der Waals surface area contributed by atoms with Crippen molar-refractivity contribution in [3.05, 3.63) is 42.0 Å². The Morgan fingerprint density at radius 3 is 2.71 bits per heavy atom. The minimum absolute atomic E-state index is 0. The molecule has 21 heavy (non-hydrogen) atoms. The average Bonchev–Trinajstić information content (AvgIpc) is 2.89. The van der Waals surface area contributed by atoms with Crippen LogP contribution in [0.4, 0.5) is 5.69 Å². The van der Waals surface area contributed by atoms with Gasteiger partial charge in [0.2, 0.25) is 0 Å². The number of aliphatic imine (C=N–C) groups is 1. The highest BCUT2D eigenvalue weighted by Gasteiger charge is 2.00. The summed E-state index contributed by atoms with van der Waals surface area (Å²) in [7, 11) is 0. The second-order valence-corrected chi connectivity index (χ2v) is 4.55. The maximum atomic E-state index is 5.85. The number of nitrogens with zero attached hydrogens (tertiary/aromatic N) is 4. The lowest BCUT2D eigenvalue weighted by Crippen LogP contribution is -2.23. The van der Waals surface area contributed by atoms with Gasteiger partial charge in [-0.25, -0.2) is 0 Å². The molecule has 0 aliphatic rings. The Morgan fingerprint density at radius 2 is 2.05 bits per heavy atom. The summed E-state index contributed by atoms with van der Waals surface area (Å²) in [5.41, 5.74) is 8.01. The number of guanidine groups is 1. The van der Waals surface area contributed by atoms with Gasteiger partial charge < -0.3 is 15.6 Å². The molecular weight excluding hydrogens is 379 g/mol. The van der Waals surface area contributed by atoms with Gasteiger partial charge >= 0.3 is 0 Å². The molecular formula is C14H21IN6. The van der Waals surface area contributed by atoms with Gasteiger partial charge in [0, 0.05) is 18.7 Å². The Bertz CT molecular complexity index is 575. The van der Waals surface area contributed by atoms with E-state index in [0.29, 0.717) is 12.5 Å². The van der Waals surface area contributed by atoms with Crippen molar-refractivity contribution in [1.29, 1.82) is 0 Å². The largest absolute Gasteiger partial charge is 0.370 e. The molecule has 0 saturated heterocycles. The fraction of sp³-hybridized carbons (Fsp3) is 0.357. The van der Waals surface area contributed by atoms with Crippen LogP contribution in [0.5, 0.6) is 0 Å². The molecule has 2 aromatic rings. The van der Waals surface area contributed by atoms with Gasteiger partial charge in [-0.3, -0.25) is 4.99 Å². The SMILES string of the molecule is CCc1nncn1CCN=C(N)Nc1ccc(C)cc1.I. The Balaban J connectivity index is 0.00000220. The van der Waals surface area contributed by atoms with Crippen LogP contribution in [0.2, 0.25) is 0 Å². The number of hydrogen-bond acceptors (Lipinski definition) is 3. The van der Waals surface area contributed by atoms with Crippen molar-refractivity contribution >= 4 is 35.6 Å². The van der Waals surface area contributed by atoms with Crippen molar-refractivity contribution < 1.29 is 0 Å². The molecule has 0 fully saturated rings. The van der Waals surface area contributed by atoms with E-state index >= 15 is 0 Å². The summed E-state index contributed by atoms with van der Waals surface area (Å²) in [6.45, 7) is 5.42. The predicted octanol–water partition coefficient (Wildman–Crippen LogP) is 2.19. The normalized spacial score (nSPS) is 11.0. The van der Waals surface area contributed by atoms with Crippen molar-refractivity contribution in [2.75, 3.05) is 11.9 Å². The summed E-state index contributed by atoms with van der Waals surface area (Å²) >= 11 is 0. The predicted molar refractivity (Wildman–Crippen MR) is 96.1 cm³/mol. The first-order valence-corrected chi connectivity index (χ1v) is 6.69. The topological polar surface area (TPSA) is 81.1 Å². The van der Waals surface area contributed by atoms with Crippen molar-refractivity contribution in [3.63, 3.8) is 0 Å². The fourth-order valence-electron chi connectivity index (χ4n) is 1.84. The molecule has 1 heterocycles. The quantitative estimate of drug-likeness (QED) is 0.458. The molecule has 0 aliphatic heterocycles. The van der Waals surface area contributed by atoms with Gasteiger partial charge in [-0.05, 0) is 19.1 Å².